The molecule has 5 nitrogen and oxygen atoms in total. The summed E-state index contributed by atoms with van der Waals surface area (Å²) in [6, 6.07) is 0.752. The van der Waals surface area contributed by atoms with Gasteiger partial charge >= 0.3 is 0 Å². The molecule has 0 aromatic heterocycles. The van der Waals surface area contributed by atoms with Gasteiger partial charge in [-0.05, 0) is 64.8 Å². The summed E-state index contributed by atoms with van der Waals surface area (Å²) in [6.07, 6.45) is 5.97. The average Bonchev–Trinajstić information content (AvgIpc) is 2.63. The van der Waals surface area contributed by atoms with E-state index in [0.717, 1.165) is 45.1 Å². The van der Waals surface area contributed by atoms with Crippen LogP contribution < -0.4 is 0 Å². The van der Waals surface area contributed by atoms with E-state index in [9.17, 15) is 4.79 Å². The first-order chi connectivity index (χ1) is 11.3. The van der Waals surface area contributed by atoms with Crippen molar-refractivity contribution < 1.29 is 9.53 Å². The lowest BCUT2D eigenvalue weighted by molar-refractivity contribution is -0.141. The first-order valence-corrected chi connectivity index (χ1v) is 9.61. The molecular formula is C18H33N3O2. The average molecular weight is 323 g/mol. The maximum Gasteiger partial charge on any atom is 0.225 e. The highest BCUT2D eigenvalue weighted by atomic mass is 16.5. The Morgan fingerprint density at radius 2 is 1.61 bits per heavy atom. The van der Waals surface area contributed by atoms with E-state index in [4.69, 9.17) is 4.74 Å². The van der Waals surface area contributed by atoms with Gasteiger partial charge in [-0.25, -0.2) is 0 Å². The molecule has 3 aliphatic rings. The molecule has 0 N–H and O–H groups in total. The molecule has 3 aliphatic heterocycles. The second-order valence-electron chi connectivity index (χ2n) is 7.32. The Labute approximate surface area is 140 Å². The second-order valence-corrected chi connectivity index (χ2v) is 7.32. The summed E-state index contributed by atoms with van der Waals surface area (Å²) in [4.78, 5) is 19.9. The molecule has 0 aliphatic carbocycles. The van der Waals surface area contributed by atoms with Crippen LogP contribution in [0.25, 0.3) is 0 Å². The first kappa shape index (κ1) is 17.2. The van der Waals surface area contributed by atoms with Gasteiger partial charge in [-0.2, -0.15) is 0 Å². The monoisotopic (exact) mass is 323 g/mol. The van der Waals surface area contributed by atoms with Crippen LogP contribution >= 0.6 is 0 Å². The fraction of sp³-hybridized carbons (Fsp3) is 0.944. The van der Waals surface area contributed by atoms with Gasteiger partial charge in [-0.15, -0.1) is 0 Å². The Morgan fingerprint density at radius 3 is 2.22 bits per heavy atom. The fourth-order valence-corrected chi connectivity index (χ4v) is 4.38. The number of rotatable bonds is 4. The van der Waals surface area contributed by atoms with Gasteiger partial charge in [0.25, 0.3) is 0 Å². The zero-order valence-corrected chi connectivity index (χ0v) is 14.7. The highest BCUT2D eigenvalue weighted by Crippen LogP contribution is 2.25. The molecule has 5 heteroatoms. The van der Waals surface area contributed by atoms with E-state index in [0.29, 0.717) is 19.1 Å². The maximum absolute atomic E-state index is 12.6. The zero-order chi connectivity index (χ0) is 16.1. The lowest BCUT2D eigenvalue weighted by Gasteiger charge is -2.42. The summed E-state index contributed by atoms with van der Waals surface area (Å²) in [5.41, 5.74) is 0. The van der Waals surface area contributed by atoms with E-state index >= 15 is 0 Å². The molecule has 3 saturated heterocycles. The highest BCUT2D eigenvalue weighted by molar-refractivity contribution is 5.79. The van der Waals surface area contributed by atoms with Crippen molar-refractivity contribution in [1.29, 1.82) is 0 Å². The molecule has 0 bridgehead atoms. The van der Waals surface area contributed by atoms with Gasteiger partial charge in [0.15, 0.2) is 0 Å². The third kappa shape index (κ3) is 4.46. The lowest BCUT2D eigenvalue weighted by atomic mass is 9.92. The minimum Gasteiger partial charge on any atom is -0.378 e. The summed E-state index contributed by atoms with van der Waals surface area (Å²) in [5, 5.41) is 0. The number of amides is 1. The third-order valence-corrected chi connectivity index (χ3v) is 5.81. The van der Waals surface area contributed by atoms with E-state index in [1.54, 1.807) is 0 Å². The Hall–Kier alpha value is -0.650. The zero-order valence-electron chi connectivity index (χ0n) is 14.7. The fourth-order valence-electron chi connectivity index (χ4n) is 4.38. The van der Waals surface area contributed by atoms with Crippen molar-refractivity contribution in [3.63, 3.8) is 0 Å². The number of ether oxygens (including phenoxy) is 1. The molecule has 23 heavy (non-hydrogen) atoms. The highest BCUT2D eigenvalue weighted by Gasteiger charge is 2.32. The number of piperidine rings is 2. The summed E-state index contributed by atoms with van der Waals surface area (Å²) in [7, 11) is 0. The van der Waals surface area contributed by atoms with Crippen LogP contribution in [0.4, 0.5) is 0 Å². The van der Waals surface area contributed by atoms with Crippen molar-refractivity contribution in [3.8, 4) is 0 Å². The van der Waals surface area contributed by atoms with Crippen molar-refractivity contribution in [1.82, 2.24) is 14.7 Å². The number of likely N-dealkylation sites (tertiary alicyclic amines) is 2. The number of morpholine rings is 1. The van der Waals surface area contributed by atoms with Crippen LogP contribution in [0.3, 0.4) is 0 Å². The Morgan fingerprint density at radius 1 is 0.957 bits per heavy atom. The quantitative estimate of drug-likeness (QED) is 0.784. The van der Waals surface area contributed by atoms with E-state index < -0.39 is 0 Å². The number of carbonyl (C=O) groups is 1. The van der Waals surface area contributed by atoms with Gasteiger partial charge in [0.05, 0.1) is 13.2 Å². The van der Waals surface area contributed by atoms with Gasteiger partial charge in [0.2, 0.25) is 5.91 Å². The topological polar surface area (TPSA) is 36.0 Å². The predicted molar refractivity (Wildman–Crippen MR) is 91.4 cm³/mol. The summed E-state index contributed by atoms with van der Waals surface area (Å²) in [5.74, 6) is 0.634. The maximum atomic E-state index is 12.6. The molecule has 0 spiro atoms. The van der Waals surface area contributed by atoms with Crippen LogP contribution in [0, 0.1) is 5.92 Å². The normalized spacial score (nSPS) is 26.6. The van der Waals surface area contributed by atoms with E-state index in [1.807, 2.05) is 4.90 Å². The minimum absolute atomic E-state index is 0.254. The molecular weight excluding hydrogens is 290 g/mol. The van der Waals surface area contributed by atoms with E-state index in [2.05, 4.69) is 16.7 Å². The minimum atomic E-state index is 0.254. The molecule has 132 valence electrons. The Balaban J connectivity index is 1.41. The van der Waals surface area contributed by atoms with Crippen molar-refractivity contribution in [3.05, 3.63) is 0 Å². The van der Waals surface area contributed by atoms with Gasteiger partial charge in [-0.1, -0.05) is 6.92 Å². The summed E-state index contributed by atoms with van der Waals surface area (Å²) >= 11 is 0. The molecule has 1 amide bonds. The van der Waals surface area contributed by atoms with Gasteiger partial charge in [-0.3, -0.25) is 4.79 Å². The summed E-state index contributed by atoms with van der Waals surface area (Å²) < 4.78 is 5.35. The standard InChI is InChI=1S/C18H33N3O2/c1-2-7-19-8-5-17(6-9-19)20-10-3-16(4-11-20)18(22)21-12-14-23-15-13-21/h16-17H,2-15H2,1H3. The van der Waals surface area contributed by atoms with Crippen molar-refractivity contribution in [2.75, 3.05) is 59.0 Å². The molecule has 0 radical (unpaired) electrons. The van der Waals surface area contributed by atoms with Gasteiger partial charge < -0.3 is 19.4 Å². The number of hydrogen-bond acceptors (Lipinski definition) is 4. The van der Waals surface area contributed by atoms with Crippen molar-refractivity contribution in [2.24, 2.45) is 5.92 Å². The van der Waals surface area contributed by atoms with Crippen molar-refractivity contribution in [2.45, 2.75) is 45.1 Å². The van der Waals surface area contributed by atoms with Crippen molar-refractivity contribution >= 4 is 5.91 Å². The molecule has 0 aromatic carbocycles. The van der Waals surface area contributed by atoms with Gasteiger partial charge in [0, 0.05) is 25.0 Å². The molecule has 0 atom stereocenters. The van der Waals surface area contributed by atoms with E-state index in [-0.39, 0.29) is 5.92 Å². The molecule has 3 rings (SSSR count). The predicted octanol–water partition coefficient (Wildman–Crippen LogP) is 1.43. The molecule has 3 fully saturated rings. The summed E-state index contributed by atoms with van der Waals surface area (Å²) in [6.45, 7) is 11.2. The number of hydrogen-bond donors (Lipinski definition) is 0. The SMILES string of the molecule is CCCN1CCC(N2CCC(C(=O)N3CCOCC3)CC2)CC1. The third-order valence-electron chi connectivity index (χ3n) is 5.81. The Kier molecular flexibility index (Phi) is 6.31. The number of carbonyl (C=O) groups excluding carboxylic acids is 1. The van der Waals surface area contributed by atoms with Crippen LogP contribution in [-0.4, -0.2) is 85.7 Å². The largest absolute Gasteiger partial charge is 0.378 e. The lowest BCUT2D eigenvalue weighted by Crippen LogP contribution is -2.50. The molecule has 0 saturated carbocycles. The van der Waals surface area contributed by atoms with Crippen LogP contribution in [0.1, 0.15) is 39.0 Å². The Bertz CT molecular complexity index is 368. The molecule has 3 heterocycles. The van der Waals surface area contributed by atoms with Crippen LogP contribution in [-0.2, 0) is 9.53 Å². The van der Waals surface area contributed by atoms with Gasteiger partial charge in [0.1, 0.15) is 0 Å². The molecule has 0 aromatic rings. The number of nitrogens with zero attached hydrogens (tertiary/aromatic N) is 3. The van der Waals surface area contributed by atoms with Crippen LogP contribution in [0.15, 0.2) is 0 Å². The van der Waals surface area contributed by atoms with E-state index in [1.165, 1.54) is 38.9 Å². The first-order valence-electron chi connectivity index (χ1n) is 9.61. The van der Waals surface area contributed by atoms with Crippen LogP contribution in [0.2, 0.25) is 0 Å². The van der Waals surface area contributed by atoms with Crippen LogP contribution in [0.5, 0.6) is 0 Å². The molecule has 0 unspecified atom stereocenters. The smallest absolute Gasteiger partial charge is 0.225 e. The second kappa shape index (κ2) is 8.45.